The maximum atomic E-state index is 14.1. The summed E-state index contributed by atoms with van der Waals surface area (Å²) in [5, 5.41) is 3.22. The largest absolute Gasteiger partial charge is 0.495 e. The van der Waals surface area contributed by atoms with Crippen LogP contribution in [0.5, 0.6) is 5.75 Å². The summed E-state index contributed by atoms with van der Waals surface area (Å²) in [6.07, 6.45) is 3.07. The minimum absolute atomic E-state index is 0.302. The Labute approximate surface area is 200 Å². The van der Waals surface area contributed by atoms with Gasteiger partial charge in [-0.05, 0) is 64.3 Å². The molecule has 0 heterocycles. The summed E-state index contributed by atoms with van der Waals surface area (Å²) in [4.78, 5) is 12.9. The van der Waals surface area contributed by atoms with Crippen LogP contribution in [-0.4, -0.2) is 19.7 Å². The standard InChI is InChI=1S/C25H23BrFNO3S/c1-3-31-25(29)12-9-18-13-19(32-16-17-7-5-4-6-8-17)10-11-22(18)28-23-15-21(27)20(26)14-24(23)30-2/h4-15,28H,3,16H2,1-2H3. The van der Waals surface area contributed by atoms with E-state index in [4.69, 9.17) is 9.47 Å². The second-order valence-electron chi connectivity index (χ2n) is 6.70. The van der Waals surface area contributed by atoms with Gasteiger partial charge in [0.2, 0.25) is 0 Å². The van der Waals surface area contributed by atoms with E-state index < -0.39 is 11.8 Å². The molecule has 0 fully saturated rings. The summed E-state index contributed by atoms with van der Waals surface area (Å²) in [6, 6.07) is 19.0. The van der Waals surface area contributed by atoms with Gasteiger partial charge in [0.15, 0.2) is 0 Å². The number of hydrogen-bond donors (Lipinski definition) is 1. The van der Waals surface area contributed by atoms with E-state index in [1.807, 2.05) is 36.4 Å². The van der Waals surface area contributed by atoms with Gasteiger partial charge in [-0.15, -0.1) is 11.8 Å². The summed E-state index contributed by atoms with van der Waals surface area (Å²) < 4.78 is 24.8. The first-order valence-corrected chi connectivity index (χ1v) is 11.7. The molecule has 0 spiro atoms. The van der Waals surface area contributed by atoms with Gasteiger partial charge < -0.3 is 14.8 Å². The summed E-state index contributed by atoms with van der Waals surface area (Å²) >= 11 is 4.86. The molecule has 4 nitrogen and oxygen atoms in total. The van der Waals surface area contributed by atoms with Crippen LogP contribution in [0.1, 0.15) is 18.1 Å². The highest BCUT2D eigenvalue weighted by Crippen LogP contribution is 2.35. The Morgan fingerprint density at radius 2 is 1.91 bits per heavy atom. The fraction of sp³-hybridized carbons (Fsp3) is 0.160. The number of rotatable bonds is 9. The van der Waals surface area contributed by atoms with E-state index in [9.17, 15) is 9.18 Å². The van der Waals surface area contributed by atoms with Gasteiger partial charge in [0.25, 0.3) is 0 Å². The molecule has 3 rings (SSSR count). The lowest BCUT2D eigenvalue weighted by Gasteiger charge is -2.15. The van der Waals surface area contributed by atoms with Crippen molar-refractivity contribution in [3.63, 3.8) is 0 Å². The molecule has 0 atom stereocenters. The van der Waals surface area contributed by atoms with Crippen LogP contribution in [0.3, 0.4) is 0 Å². The van der Waals surface area contributed by atoms with Crippen LogP contribution in [0.2, 0.25) is 0 Å². The van der Waals surface area contributed by atoms with Crippen molar-refractivity contribution < 1.29 is 18.7 Å². The fourth-order valence-electron chi connectivity index (χ4n) is 2.91. The van der Waals surface area contributed by atoms with E-state index in [0.29, 0.717) is 28.2 Å². The molecular formula is C25H23BrFNO3S. The monoisotopic (exact) mass is 515 g/mol. The number of carbonyl (C=O) groups excluding carboxylic acids is 1. The molecule has 0 amide bonds. The van der Waals surface area contributed by atoms with Crippen LogP contribution < -0.4 is 10.1 Å². The highest BCUT2D eigenvalue weighted by molar-refractivity contribution is 9.10. The average Bonchev–Trinajstić information content (AvgIpc) is 2.80. The Balaban J connectivity index is 1.90. The number of nitrogens with one attached hydrogen (secondary N) is 1. The Bertz CT molecular complexity index is 1110. The predicted octanol–water partition coefficient (Wildman–Crippen LogP) is 7.21. The third kappa shape index (κ3) is 6.61. The molecule has 0 saturated heterocycles. The van der Waals surface area contributed by atoms with E-state index in [2.05, 4.69) is 33.4 Å². The smallest absolute Gasteiger partial charge is 0.330 e. The maximum absolute atomic E-state index is 14.1. The molecule has 3 aromatic rings. The van der Waals surface area contributed by atoms with Gasteiger partial charge in [0.1, 0.15) is 11.6 Å². The zero-order valence-electron chi connectivity index (χ0n) is 17.7. The minimum atomic E-state index is -0.423. The highest BCUT2D eigenvalue weighted by atomic mass is 79.9. The van der Waals surface area contributed by atoms with Crippen molar-refractivity contribution in [3.05, 3.63) is 88.2 Å². The molecule has 166 valence electrons. The molecule has 0 saturated carbocycles. The van der Waals surface area contributed by atoms with Crippen LogP contribution in [0, 0.1) is 5.82 Å². The number of hydrogen-bond acceptors (Lipinski definition) is 5. The summed E-state index contributed by atoms with van der Waals surface area (Å²) in [5.41, 5.74) is 3.16. The topological polar surface area (TPSA) is 47.6 Å². The molecule has 0 aromatic heterocycles. The molecular weight excluding hydrogens is 493 g/mol. The Morgan fingerprint density at radius 3 is 2.62 bits per heavy atom. The number of halogens is 2. The molecule has 3 aromatic carbocycles. The van der Waals surface area contributed by atoms with Gasteiger partial charge in [0, 0.05) is 28.5 Å². The molecule has 0 unspecified atom stereocenters. The Morgan fingerprint density at radius 1 is 1.12 bits per heavy atom. The number of thioether (sulfide) groups is 1. The molecule has 0 aliphatic carbocycles. The van der Waals surface area contributed by atoms with Gasteiger partial charge in [-0.2, -0.15) is 0 Å². The van der Waals surface area contributed by atoms with Gasteiger partial charge in [-0.3, -0.25) is 0 Å². The molecule has 1 N–H and O–H groups in total. The molecule has 32 heavy (non-hydrogen) atoms. The second-order valence-corrected chi connectivity index (χ2v) is 8.60. The minimum Gasteiger partial charge on any atom is -0.495 e. The molecule has 7 heteroatoms. The second kappa shape index (κ2) is 11.7. The van der Waals surface area contributed by atoms with Crippen LogP contribution in [0.25, 0.3) is 6.08 Å². The van der Waals surface area contributed by atoms with Crippen molar-refractivity contribution in [2.45, 2.75) is 17.6 Å². The van der Waals surface area contributed by atoms with Gasteiger partial charge in [-0.25, -0.2) is 9.18 Å². The summed E-state index contributed by atoms with van der Waals surface area (Å²) in [6.45, 7) is 2.06. The summed E-state index contributed by atoms with van der Waals surface area (Å²) in [5.74, 6) is 0.474. The Hall–Kier alpha value is -2.77. The van der Waals surface area contributed by atoms with Crippen LogP contribution in [0.15, 0.2) is 76.1 Å². The first kappa shape index (κ1) is 23.9. The zero-order chi connectivity index (χ0) is 22.9. The van der Waals surface area contributed by atoms with E-state index in [1.54, 1.807) is 30.8 Å². The van der Waals surface area contributed by atoms with Crippen LogP contribution >= 0.6 is 27.7 Å². The molecule has 0 aliphatic heterocycles. The SMILES string of the molecule is CCOC(=O)C=Cc1cc(SCc2ccccc2)ccc1Nc1cc(F)c(Br)cc1OC. The average molecular weight is 516 g/mol. The summed E-state index contributed by atoms with van der Waals surface area (Å²) in [7, 11) is 1.52. The highest BCUT2D eigenvalue weighted by Gasteiger charge is 2.12. The van der Waals surface area contributed by atoms with Gasteiger partial charge in [0.05, 0.1) is 23.9 Å². The van der Waals surface area contributed by atoms with Crippen molar-refractivity contribution in [1.29, 1.82) is 0 Å². The van der Waals surface area contributed by atoms with Crippen LogP contribution in [0.4, 0.5) is 15.8 Å². The Kier molecular flexibility index (Phi) is 8.76. The van der Waals surface area contributed by atoms with Crippen LogP contribution in [-0.2, 0) is 15.3 Å². The van der Waals surface area contributed by atoms with Crippen molar-refractivity contribution >= 4 is 51.1 Å². The number of anilines is 2. The fourth-order valence-corrected chi connectivity index (χ4v) is 4.13. The zero-order valence-corrected chi connectivity index (χ0v) is 20.1. The van der Waals surface area contributed by atoms with Crippen molar-refractivity contribution in [2.75, 3.05) is 19.0 Å². The van der Waals surface area contributed by atoms with E-state index in [-0.39, 0.29) is 0 Å². The molecule has 0 bridgehead atoms. The lowest BCUT2D eigenvalue weighted by atomic mass is 10.1. The first-order valence-electron chi connectivity index (χ1n) is 9.95. The number of ether oxygens (including phenoxy) is 2. The van der Waals surface area contributed by atoms with E-state index in [1.165, 1.54) is 24.8 Å². The van der Waals surface area contributed by atoms with Crippen molar-refractivity contribution in [3.8, 4) is 5.75 Å². The van der Waals surface area contributed by atoms with Gasteiger partial charge in [-0.1, -0.05) is 30.3 Å². The first-order chi connectivity index (χ1) is 15.5. The van der Waals surface area contributed by atoms with Crippen molar-refractivity contribution in [1.82, 2.24) is 0 Å². The lowest BCUT2D eigenvalue weighted by molar-refractivity contribution is -0.137. The quantitative estimate of drug-likeness (QED) is 0.185. The van der Waals surface area contributed by atoms with Gasteiger partial charge >= 0.3 is 5.97 Å². The number of methoxy groups -OCH3 is 1. The predicted molar refractivity (Wildman–Crippen MR) is 132 cm³/mol. The van der Waals surface area contributed by atoms with E-state index >= 15 is 0 Å². The third-order valence-electron chi connectivity index (χ3n) is 4.47. The number of esters is 1. The third-order valence-corrected chi connectivity index (χ3v) is 6.14. The molecule has 0 radical (unpaired) electrons. The van der Waals surface area contributed by atoms with E-state index in [0.717, 1.165) is 16.2 Å². The number of carbonyl (C=O) groups is 1. The van der Waals surface area contributed by atoms with Crippen molar-refractivity contribution in [2.24, 2.45) is 0 Å². The lowest BCUT2D eigenvalue weighted by Crippen LogP contribution is -2.00. The number of benzene rings is 3. The maximum Gasteiger partial charge on any atom is 0.330 e. The molecule has 0 aliphatic rings. The normalized spacial score (nSPS) is 10.9.